The monoisotopic (exact) mass is 343 g/mol. The topological polar surface area (TPSA) is 120 Å². The number of rotatable bonds is 9. The molecule has 0 N–H and O–H groups in total. The fraction of sp³-hybridized carbons (Fsp3) is 0.538. The van der Waals surface area contributed by atoms with Crippen LogP contribution in [0, 0.1) is 6.92 Å². The molecule has 10 heteroatoms. The summed E-state index contributed by atoms with van der Waals surface area (Å²) < 4.78 is 42.9. The Hall–Kier alpha value is -2.00. The van der Waals surface area contributed by atoms with Crippen molar-refractivity contribution in [3.05, 3.63) is 33.7 Å². The average Bonchev–Trinajstić information content (AvgIpc) is 2.82. The first kappa shape index (κ1) is 17.4. The van der Waals surface area contributed by atoms with E-state index in [0.29, 0.717) is 32.8 Å². The molecule has 0 unspecified atom stereocenters. The third-order valence-electron chi connectivity index (χ3n) is 3.10. The predicted molar refractivity (Wildman–Crippen MR) is 80.7 cm³/mol. The van der Waals surface area contributed by atoms with Gasteiger partial charge in [-0.15, -0.1) is 8.42 Å². The number of aryl methyl sites for hydroxylation is 1. The summed E-state index contributed by atoms with van der Waals surface area (Å²) in [6.07, 6.45) is 0.493. The van der Waals surface area contributed by atoms with Crippen molar-refractivity contribution in [1.29, 1.82) is 0 Å². The maximum atomic E-state index is 11.4. The van der Waals surface area contributed by atoms with E-state index in [1.807, 2.05) is 6.92 Å². The molecule has 0 saturated carbocycles. The van der Waals surface area contributed by atoms with Gasteiger partial charge in [-0.3, -0.25) is 0 Å². The Bertz CT molecular complexity index is 700. The van der Waals surface area contributed by atoms with Crippen molar-refractivity contribution in [3.8, 4) is 11.5 Å². The van der Waals surface area contributed by atoms with Crippen LogP contribution in [-0.4, -0.2) is 41.4 Å². The molecule has 0 bridgehead atoms. The highest BCUT2D eigenvalue weighted by atomic mass is 32.3. The Labute approximate surface area is 134 Å². The zero-order chi connectivity index (χ0) is 16.7. The van der Waals surface area contributed by atoms with E-state index in [-0.39, 0.29) is 18.0 Å². The molecule has 1 aromatic carbocycles. The molecule has 2 rings (SSSR count). The first-order chi connectivity index (χ1) is 11.0. The lowest BCUT2D eigenvalue weighted by atomic mass is 10.0. The fourth-order valence-electron chi connectivity index (χ4n) is 2.05. The van der Waals surface area contributed by atoms with Gasteiger partial charge in [0, 0.05) is 17.0 Å². The molecule has 0 saturated heterocycles. The van der Waals surface area contributed by atoms with Crippen molar-refractivity contribution < 1.29 is 26.3 Å². The van der Waals surface area contributed by atoms with Crippen LogP contribution >= 0.6 is 0 Å². The molecule has 9 nitrogen and oxygen atoms in total. The number of ether oxygens (including phenoxy) is 2. The first-order valence-corrected chi connectivity index (χ1v) is 8.29. The van der Waals surface area contributed by atoms with Crippen molar-refractivity contribution in [1.82, 2.24) is 0 Å². The normalized spacial score (nSPS) is 14.5. The smallest absolute Gasteiger partial charge is 0.379 e. The van der Waals surface area contributed by atoms with E-state index in [4.69, 9.17) is 23.4 Å². The lowest BCUT2D eigenvalue weighted by molar-refractivity contribution is 0.0519. The SMILES string of the molecule is Cc1ccc2c(c1CCOCCOCCN=[N+]=[N-])OS(=O)(=O)O2. The van der Waals surface area contributed by atoms with Crippen molar-refractivity contribution in [3.63, 3.8) is 0 Å². The highest BCUT2D eigenvalue weighted by molar-refractivity contribution is 7.82. The van der Waals surface area contributed by atoms with E-state index in [1.54, 1.807) is 12.1 Å². The average molecular weight is 343 g/mol. The molecule has 0 spiro atoms. The summed E-state index contributed by atoms with van der Waals surface area (Å²) in [4.78, 5) is 2.61. The van der Waals surface area contributed by atoms with E-state index >= 15 is 0 Å². The summed E-state index contributed by atoms with van der Waals surface area (Å²) >= 11 is 0. The summed E-state index contributed by atoms with van der Waals surface area (Å²) in [6, 6.07) is 3.34. The van der Waals surface area contributed by atoms with Gasteiger partial charge < -0.3 is 17.8 Å². The van der Waals surface area contributed by atoms with Crippen molar-refractivity contribution in [2.75, 3.05) is 33.0 Å². The second-order valence-electron chi connectivity index (χ2n) is 4.69. The number of hydrogen-bond acceptors (Lipinski definition) is 7. The van der Waals surface area contributed by atoms with E-state index in [2.05, 4.69) is 10.0 Å². The zero-order valence-corrected chi connectivity index (χ0v) is 13.4. The number of hydrogen-bond donors (Lipinski definition) is 0. The van der Waals surface area contributed by atoms with Gasteiger partial charge in [0.25, 0.3) is 0 Å². The van der Waals surface area contributed by atoms with E-state index < -0.39 is 10.4 Å². The van der Waals surface area contributed by atoms with Crippen LogP contribution in [0.3, 0.4) is 0 Å². The summed E-state index contributed by atoms with van der Waals surface area (Å²) in [6.45, 7) is 3.67. The molecule has 0 amide bonds. The third kappa shape index (κ3) is 5.00. The summed E-state index contributed by atoms with van der Waals surface area (Å²) in [7, 11) is -3.99. The molecule has 0 aliphatic carbocycles. The van der Waals surface area contributed by atoms with Crippen LogP contribution in [0.15, 0.2) is 17.2 Å². The molecular formula is C13H17N3O6S. The van der Waals surface area contributed by atoms with Gasteiger partial charge in [0.15, 0.2) is 11.5 Å². The molecule has 1 heterocycles. The predicted octanol–water partition coefficient (Wildman–Crippen LogP) is 1.90. The molecule has 0 radical (unpaired) electrons. The standard InChI is InChI=1S/C13H17N3O6S/c1-10-2-3-12-13(22-23(17,18)21-12)11(10)4-6-19-8-9-20-7-5-15-16-14/h2-3H,4-9H2,1H3. The molecule has 126 valence electrons. The number of azide groups is 1. The molecule has 0 atom stereocenters. The Kier molecular flexibility index (Phi) is 6.05. The molecule has 23 heavy (non-hydrogen) atoms. The summed E-state index contributed by atoms with van der Waals surface area (Å²) in [5.74, 6) is 0.436. The Morgan fingerprint density at radius 3 is 2.65 bits per heavy atom. The summed E-state index contributed by atoms with van der Waals surface area (Å²) in [5.41, 5.74) is 9.73. The van der Waals surface area contributed by atoms with Gasteiger partial charge in [-0.05, 0) is 30.5 Å². The molecular weight excluding hydrogens is 326 g/mol. The number of nitrogens with zero attached hydrogens (tertiary/aromatic N) is 3. The highest BCUT2D eigenvalue weighted by Crippen LogP contribution is 2.40. The number of benzene rings is 1. The van der Waals surface area contributed by atoms with E-state index in [0.717, 1.165) is 11.1 Å². The van der Waals surface area contributed by atoms with Crippen molar-refractivity contribution >= 4 is 10.4 Å². The molecule has 1 aliphatic heterocycles. The Morgan fingerprint density at radius 1 is 1.17 bits per heavy atom. The number of fused-ring (bicyclic) bond motifs is 1. The van der Waals surface area contributed by atoms with Crippen LogP contribution in [-0.2, 0) is 26.3 Å². The minimum absolute atomic E-state index is 0.201. The van der Waals surface area contributed by atoms with Crippen molar-refractivity contribution in [2.24, 2.45) is 5.11 Å². The van der Waals surface area contributed by atoms with Crippen LogP contribution in [0.1, 0.15) is 11.1 Å². The minimum atomic E-state index is -3.99. The molecule has 1 aromatic rings. The maximum absolute atomic E-state index is 11.4. The van der Waals surface area contributed by atoms with Gasteiger partial charge in [-0.2, -0.15) is 0 Å². The molecule has 0 fully saturated rings. The first-order valence-electron chi connectivity index (χ1n) is 6.96. The van der Waals surface area contributed by atoms with Crippen LogP contribution in [0.5, 0.6) is 11.5 Å². The van der Waals surface area contributed by atoms with Gasteiger partial charge in [-0.25, -0.2) is 0 Å². The van der Waals surface area contributed by atoms with Gasteiger partial charge in [0.2, 0.25) is 0 Å². The lowest BCUT2D eigenvalue weighted by Gasteiger charge is -2.09. The minimum Gasteiger partial charge on any atom is -0.379 e. The van der Waals surface area contributed by atoms with Gasteiger partial charge >= 0.3 is 10.4 Å². The second kappa shape index (κ2) is 8.02. The molecule has 0 aromatic heterocycles. The fourth-order valence-corrected chi connectivity index (χ4v) is 2.82. The van der Waals surface area contributed by atoms with Crippen LogP contribution < -0.4 is 8.37 Å². The quantitative estimate of drug-likeness (QED) is 0.292. The maximum Gasteiger partial charge on any atom is 0.501 e. The van der Waals surface area contributed by atoms with Crippen LogP contribution in [0.25, 0.3) is 10.4 Å². The zero-order valence-electron chi connectivity index (χ0n) is 12.6. The van der Waals surface area contributed by atoms with E-state index in [9.17, 15) is 8.42 Å². The van der Waals surface area contributed by atoms with Crippen LogP contribution in [0.4, 0.5) is 0 Å². The molecule has 1 aliphatic rings. The Balaban J connectivity index is 1.77. The second-order valence-corrected chi connectivity index (χ2v) is 5.84. The van der Waals surface area contributed by atoms with Crippen LogP contribution in [0.2, 0.25) is 0 Å². The largest absolute Gasteiger partial charge is 0.501 e. The third-order valence-corrected chi connectivity index (χ3v) is 3.86. The lowest BCUT2D eigenvalue weighted by Crippen LogP contribution is -2.10. The van der Waals surface area contributed by atoms with Crippen molar-refractivity contribution in [2.45, 2.75) is 13.3 Å². The summed E-state index contributed by atoms with van der Waals surface area (Å²) in [5, 5.41) is 3.34. The van der Waals surface area contributed by atoms with Gasteiger partial charge in [0.05, 0.1) is 26.4 Å². The highest BCUT2D eigenvalue weighted by Gasteiger charge is 2.31. The van der Waals surface area contributed by atoms with Gasteiger partial charge in [-0.1, -0.05) is 11.2 Å². The van der Waals surface area contributed by atoms with E-state index in [1.165, 1.54) is 0 Å². The van der Waals surface area contributed by atoms with Gasteiger partial charge in [0.1, 0.15) is 0 Å². The Morgan fingerprint density at radius 2 is 1.91 bits per heavy atom.